The fourth-order valence-corrected chi connectivity index (χ4v) is 2.95. The van der Waals surface area contributed by atoms with Gasteiger partial charge in [0.1, 0.15) is 5.15 Å². The monoisotopic (exact) mass is 335 g/mol. The molecule has 5 heteroatoms. The van der Waals surface area contributed by atoms with Crippen LogP contribution >= 0.6 is 11.6 Å². The van der Waals surface area contributed by atoms with Gasteiger partial charge in [-0.05, 0) is 23.3 Å². The van der Waals surface area contributed by atoms with Crippen LogP contribution in [-0.2, 0) is 0 Å². The molecule has 0 amide bonds. The third-order valence-corrected chi connectivity index (χ3v) is 4.02. The second kappa shape index (κ2) is 6.20. The van der Waals surface area contributed by atoms with Crippen LogP contribution in [0, 0.1) is 0 Å². The maximum absolute atomic E-state index is 13.1. The summed E-state index contributed by atoms with van der Waals surface area (Å²) in [5.74, 6) is -0.874. The van der Waals surface area contributed by atoms with Crippen molar-refractivity contribution in [1.82, 2.24) is 4.98 Å². The molecule has 0 aliphatic heterocycles. The minimum atomic E-state index is -4.30. The molecule has 0 unspecified atom stereocenters. The van der Waals surface area contributed by atoms with Crippen LogP contribution < -0.4 is 0 Å². The molecule has 0 saturated heterocycles. The Kier molecular flexibility index (Phi) is 4.26. The molecular formula is C18H13ClF3N. The number of hydrogen-bond acceptors (Lipinski definition) is 1. The summed E-state index contributed by atoms with van der Waals surface area (Å²) in [4.78, 5) is 4.25. The van der Waals surface area contributed by atoms with Gasteiger partial charge < -0.3 is 0 Å². The first-order chi connectivity index (χ1) is 10.9. The Balaban J connectivity index is 2.14. The average Bonchev–Trinajstić information content (AvgIpc) is 2.52. The van der Waals surface area contributed by atoms with E-state index in [0.29, 0.717) is 16.6 Å². The SMILES string of the molecule is FC(F)(F)C[C@@H](c1ccccc1)c1cc2ccccc2nc1Cl. The normalized spacial score (nSPS) is 13.2. The van der Waals surface area contributed by atoms with Crippen molar-refractivity contribution >= 4 is 22.5 Å². The van der Waals surface area contributed by atoms with Crippen molar-refractivity contribution in [2.45, 2.75) is 18.5 Å². The third kappa shape index (κ3) is 3.64. The largest absolute Gasteiger partial charge is 0.390 e. The topological polar surface area (TPSA) is 12.9 Å². The number of nitrogens with zero attached hydrogens (tertiary/aromatic N) is 1. The molecule has 0 aliphatic rings. The first kappa shape index (κ1) is 15.8. The number of rotatable bonds is 3. The molecule has 23 heavy (non-hydrogen) atoms. The van der Waals surface area contributed by atoms with Crippen molar-refractivity contribution in [3.05, 3.63) is 76.9 Å². The van der Waals surface area contributed by atoms with Gasteiger partial charge in [-0.25, -0.2) is 4.98 Å². The van der Waals surface area contributed by atoms with Gasteiger partial charge >= 0.3 is 6.18 Å². The lowest BCUT2D eigenvalue weighted by Gasteiger charge is -2.21. The number of hydrogen-bond donors (Lipinski definition) is 0. The maximum atomic E-state index is 13.1. The van der Waals surface area contributed by atoms with E-state index in [0.717, 1.165) is 5.39 Å². The lowest BCUT2D eigenvalue weighted by molar-refractivity contribution is -0.136. The molecule has 2 aromatic carbocycles. The molecule has 1 atom stereocenters. The van der Waals surface area contributed by atoms with E-state index in [-0.39, 0.29) is 5.15 Å². The molecule has 1 heterocycles. The number of benzene rings is 2. The fourth-order valence-electron chi connectivity index (χ4n) is 2.68. The smallest absolute Gasteiger partial charge is 0.236 e. The number of fused-ring (bicyclic) bond motifs is 1. The molecule has 0 N–H and O–H groups in total. The summed E-state index contributed by atoms with van der Waals surface area (Å²) < 4.78 is 39.2. The fraction of sp³-hybridized carbons (Fsp3) is 0.167. The van der Waals surface area contributed by atoms with E-state index in [9.17, 15) is 13.2 Å². The highest BCUT2D eigenvalue weighted by Gasteiger charge is 2.34. The molecule has 118 valence electrons. The summed E-state index contributed by atoms with van der Waals surface area (Å²) in [6, 6.07) is 17.5. The third-order valence-electron chi connectivity index (χ3n) is 3.72. The average molecular weight is 336 g/mol. The van der Waals surface area contributed by atoms with Crippen molar-refractivity contribution in [2.75, 3.05) is 0 Å². The summed E-state index contributed by atoms with van der Waals surface area (Å²) in [6.45, 7) is 0. The summed E-state index contributed by atoms with van der Waals surface area (Å²) in [7, 11) is 0. The van der Waals surface area contributed by atoms with Crippen LogP contribution in [0.2, 0.25) is 5.15 Å². The predicted octanol–water partition coefficient (Wildman–Crippen LogP) is 5.97. The second-order valence-electron chi connectivity index (χ2n) is 5.34. The zero-order valence-electron chi connectivity index (χ0n) is 12.0. The summed E-state index contributed by atoms with van der Waals surface area (Å²) in [5, 5.41) is 0.886. The summed E-state index contributed by atoms with van der Waals surface area (Å²) >= 11 is 6.20. The molecular weight excluding hydrogens is 323 g/mol. The van der Waals surface area contributed by atoms with Crippen LogP contribution in [0.4, 0.5) is 13.2 Å². The van der Waals surface area contributed by atoms with E-state index in [1.165, 1.54) is 0 Å². The molecule has 0 fully saturated rings. The molecule has 0 radical (unpaired) electrons. The Hall–Kier alpha value is -2.07. The number of para-hydroxylation sites is 1. The van der Waals surface area contributed by atoms with Crippen molar-refractivity contribution < 1.29 is 13.2 Å². The van der Waals surface area contributed by atoms with Gasteiger partial charge in [0.2, 0.25) is 0 Å². The highest BCUT2D eigenvalue weighted by Crippen LogP contribution is 2.39. The molecule has 0 aliphatic carbocycles. The number of halogens is 4. The summed E-state index contributed by atoms with van der Waals surface area (Å²) in [5.41, 5.74) is 1.64. The Morgan fingerprint density at radius 3 is 2.30 bits per heavy atom. The van der Waals surface area contributed by atoms with Crippen molar-refractivity contribution in [3.8, 4) is 0 Å². The van der Waals surface area contributed by atoms with E-state index >= 15 is 0 Å². The van der Waals surface area contributed by atoms with Crippen LogP contribution in [-0.4, -0.2) is 11.2 Å². The van der Waals surface area contributed by atoms with E-state index in [4.69, 9.17) is 11.6 Å². The lowest BCUT2D eigenvalue weighted by atomic mass is 9.88. The molecule has 3 rings (SSSR count). The lowest BCUT2D eigenvalue weighted by Crippen LogP contribution is -2.15. The molecule has 1 aromatic heterocycles. The van der Waals surface area contributed by atoms with Crippen molar-refractivity contribution in [2.24, 2.45) is 0 Å². The number of aromatic nitrogens is 1. The predicted molar refractivity (Wildman–Crippen MR) is 85.7 cm³/mol. The Morgan fingerprint density at radius 1 is 0.957 bits per heavy atom. The van der Waals surface area contributed by atoms with E-state index in [1.54, 1.807) is 42.5 Å². The van der Waals surface area contributed by atoms with Crippen LogP contribution in [0.5, 0.6) is 0 Å². The molecule has 0 bridgehead atoms. The van der Waals surface area contributed by atoms with Gasteiger partial charge in [0.25, 0.3) is 0 Å². The Morgan fingerprint density at radius 2 is 1.61 bits per heavy atom. The van der Waals surface area contributed by atoms with Gasteiger partial charge in [-0.3, -0.25) is 0 Å². The highest BCUT2D eigenvalue weighted by molar-refractivity contribution is 6.30. The van der Waals surface area contributed by atoms with Crippen LogP contribution in [0.3, 0.4) is 0 Å². The van der Waals surface area contributed by atoms with E-state index in [1.807, 2.05) is 18.2 Å². The Labute approximate surface area is 136 Å². The minimum Gasteiger partial charge on any atom is -0.236 e. The van der Waals surface area contributed by atoms with Crippen LogP contribution in [0.25, 0.3) is 10.9 Å². The molecule has 3 aromatic rings. The maximum Gasteiger partial charge on any atom is 0.390 e. The van der Waals surface area contributed by atoms with Gasteiger partial charge in [-0.15, -0.1) is 0 Å². The van der Waals surface area contributed by atoms with Crippen LogP contribution in [0.1, 0.15) is 23.5 Å². The minimum absolute atomic E-state index is 0.113. The summed E-state index contributed by atoms with van der Waals surface area (Å²) in [6.07, 6.45) is -5.27. The quantitative estimate of drug-likeness (QED) is 0.537. The standard InChI is InChI=1S/C18H13ClF3N/c19-17-14(10-13-8-4-5-9-16(13)23-17)15(11-18(20,21)22)12-6-2-1-3-7-12/h1-10,15H,11H2/t15-/m0/s1. The van der Waals surface area contributed by atoms with Gasteiger partial charge in [0, 0.05) is 11.3 Å². The first-order valence-electron chi connectivity index (χ1n) is 7.11. The first-order valence-corrected chi connectivity index (χ1v) is 7.49. The van der Waals surface area contributed by atoms with E-state index < -0.39 is 18.5 Å². The molecule has 1 nitrogen and oxygen atoms in total. The second-order valence-corrected chi connectivity index (χ2v) is 5.70. The molecule has 0 spiro atoms. The molecule has 0 saturated carbocycles. The van der Waals surface area contributed by atoms with Gasteiger partial charge in [-0.2, -0.15) is 13.2 Å². The van der Waals surface area contributed by atoms with Crippen LogP contribution in [0.15, 0.2) is 60.7 Å². The number of pyridine rings is 1. The van der Waals surface area contributed by atoms with Crippen molar-refractivity contribution in [1.29, 1.82) is 0 Å². The zero-order valence-corrected chi connectivity index (χ0v) is 12.8. The van der Waals surface area contributed by atoms with Gasteiger partial charge in [0.05, 0.1) is 11.9 Å². The van der Waals surface area contributed by atoms with Gasteiger partial charge in [-0.1, -0.05) is 60.1 Å². The van der Waals surface area contributed by atoms with Crippen molar-refractivity contribution in [3.63, 3.8) is 0 Å². The highest BCUT2D eigenvalue weighted by atomic mass is 35.5. The Bertz CT molecular complexity index is 815. The zero-order chi connectivity index (χ0) is 16.4. The van der Waals surface area contributed by atoms with Gasteiger partial charge in [0.15, 0.2) is 0 Å². The van der Waals surface area contributed by atoms with E-state index in [2.05, 4.69) is 4.98 Å². The number of alkyl halides is 3.